The van der Waals surface area contributed by atoms with Gasteiger partial charge in [0, 0.05) is 5.70 Å². The number of hydrogen-bond donors (Lipinski definition) is 1. The number of benzene rings is 2. The third kappa shape index (κ3) is 4.22. The van der Waals surface area contributed by atoms with Gasteiger partial charge in [-0.3, -0.25) is 15.1 Å². The Morgan fingerprint density at radius 2 is 2.00 bits per heavy atom. The van der Waals surface area contributed by atoms with Crippen molar-refractivity contribution in [3.63, 3.8) is 0 Å². The van der Waals surface area contributed by atoms with Crippen LogP contribution in [0.4, 0.5) is 0 Å². The first-order chi connectivity index (χ1) is 15.4. The molecule has 0 aliphatic carbocycles. The Balaban J connectivity index is 1.63. The molecule has 8 heteroatoms. The standard InChI is InChI=1S/C24H21N3O4S/c1-4-30-20-12-16(8-9-19(20)31-23(29)17-7-5-6-14(2)10-17)11-18-21(25)27-15(3)13-32-24(27)26-22(18)28/h5-13,25H,4H2,1-3H3/b18-11-,25-21?. The molecule has 1 amide bonds. The molecule has 2 aliphatic heterocycles. The van der Waals surface area contributed by atoms with Gasteiger partial charge in [0.05, 0.1) is 17.7 Å². The lowest BCUT2D eigenvalue weighted by molar-refractivity contribution is -0.114. The van der Waals surface area contributed by atoms with Gasteiger partial charge >= 0.3 is 5.97 Å². The van der Waals surface area contributed by atoms with Gasteiger partial charge in [-0.25, -0.2) is 4.79 Å². The average Bonchev–Trinajstić information content (AvgIpc) is 3.13. The topological polar surface area (TPSA) is 92.1 Å². The molecule has 162 valence electrons. The van der Waals surface area contributed by atoms with Crippen LogP contribution in [0.2, 0.25) is 0 Å². The van der Waals surface area contributed by atoms with Gasteiger partial charge in [0.25, 0.3) is 5.91 Å². The number of rotatable bonds is 5. The molecule has 7 nitrogen and oxygen atoms in total. The Bertz CT molecular complexity index is 1230. The van der Waals surface area contributed by atoms with Crippen LogP contribution < -0.4 is 9.47 Å². The molecular formula is C24H21N3O4S. The molecule has 0 saturated heterocycles. The summed E-state index contributed by atoms with van der Waals surface area (Å²) in [6.07, 6.45) is 1.59. The molecule has 1 N–H and O–H groups in total. The first-order valence-corrected chi connectivity index (χ1v) is 10.9. The summed E-state index contributed by atoms with van der Waals surface area (Å²) in [5, 5.41) is 10.8. The molecule has 0 unspecified atom stereocenters. The molecule has 2 aromatic carbocycles. The summed E-state index contributed by atoms with van der Waals surface area (Å²) in [7, 11) is 0. The summed E-state index contributed by atoms with van der Waals surface area (Å²) in [5.74, 6) is -0.229. The molecule has 0 aromatic heterocycles. The number of fused-ring (bicyclic) bond motifs is 1. The highest BCUT2D eigenvalue weighted by Gasteiger charge is 2.34. The number of amides is 1. The van der Waals surface area contributed by atoms with Crippen molar-refractivity contribution in [2.24, 2.45) is 4.99 Å². The highest BCUT2D eigenvalue weighted by atomic mass is 32.2. The maximum Gasteiger partial charge on any atom is 0.343 e. The van der Waals surface area contributed by atoms with Gasteiger partial charge in [0.1, 0.15) is 5.84 Å². The minimum Gasteiger partial charge on any atom is -0.490 e. The second-order valence-corrected chi connectivity index (χ2v) is 8.05. The van der Waals surface area contributed by atoms with E-state index >= 15 is 0 Å². The number of ether oxygens (including phenoxy) is 2. The molecule has 0 spiro atoms. The Morgan fingerprint density at radius 3 is 2.75 bits per heavy atom. The van der Waals surface area contributed by atoms with Crippen LogP contribution in [-0.4, -0.2) is 34.4 Å². The first kappa shape index (κ1) is 21.6. The number of aryl methyl sites for hydroxylation is 1. The van der Waals surface area contributed by atoms with Crippen molar-refractivity contribution < 1.29 is 19.1 Å². The minimum atomic E-state index is -0.486. The maximum absolute atomic E-state index is 12.6. The largest absolute Gasteiger partial charge is 0.490 e. The predicted molar refractivity (Wildman–Crippen MR) is 125 cm³/mol. The second-order valence-electron chi connectivity index (χ2n) is 7.22. The van der Waals surface area contributed by atoms with Gasteiger partial charge < -0.3 is 9.47 Å². The number of hydrogen-bond acceptors (Lipinski definition) is 6. The molecule has 2 aliphatic rings. The summed E-state index contributed by atoms with van der Waals surface area (Å²) in [5.41, 5.74) is 3.05. The normalized spacial score (nSPS) is 16.6. The number of carbonyl (C=O) groups is 2. The summed E-state index contributed by atoms with van der Waals surface area (Å²) >= 11 is 1.32. The van der Waals surface area contributed by atoms with E-state index in [0.717, 1.165) is 11.3 Å². The fourth-order valence-electron chi connectivity index (χ4n) is 3.31. The van der Waals surface area contributed by atoms with Gasteiger partial charge in [0.2, 0.25) is 0 Å². The van der Waals surface area contributed by atoms with E-state index in [-0.39, 0.29) is 17.2 Å². The zero-order valence-corrected chi connectivity index (χ0v) is 18.7. The quantitative estimate of drug-likeness (QED) is 0.403. The van der Waals surface area contributed by atoms with Gasteiger partial charge in [0.15, 0.2) is 16.7 Å². The average molecular weight is 448 g/mol. The molecule has 0 radical (unpaired) electrons. The van der Waals surface area contributed by atoms with Gasteiger partial charge in [-0.1, -0.05) is 35.5 Å². The number of aliphatic imine (C=N–C) groups is 1. The Kier molecular flexibility index (Phi) is 5.96. The van der Waals surface area contributed by atoms with Crippen LogP contribution in [0, 0.1) is 12.3 Å². The number of amidine groups is 2. The highest BCUT2D eigenvalue weighted by molar-refractivity contribution is 8.16. The summed E-state index contributed by atoms with van der Waals surface area (Å²) in [6, 6.07) is 12.1. The number of allylic oxidation sites excluding steroid dienone is 1. The molecule has 0 fully saturated rings. The fraction of sp³-hybridized carbons (Fsp3) is 0.167. The first-order valence-electron chi connectivity index (χ1n) is 10.00. The van der Waals surface area contributed by atoms with E-state index in [9.17, 15) is 9.59 Å². The molecule has 2 heterocycles. The van der Waals surface area contributed by atoms with Crippen LogP contribution in [0.5, 0.6) is 11.5 Å². The van der Waals surface area contributed by atoms with E-state index in [4.69, 9.17) is 14.9 Å². The number of carbonyl (C=O) groups excluding carboxylic acids is 2. The van der Waals surface area contributed by atoms with E-state index in [0.29, 0.717) is 28.7 Å². The third-order valence-electron chi connectivity index (χ3n) is 4.82. The van der Waals surface area contributed by atoms with Gasteiger partial charge in [-0.2, -0.15) is 4.99 Å². The molecule has 2 aromatic rings. The Hall–Kier alpha value is -3.65. The Morgan fingerprint density at radius 1 is 1.19 bits per heavy atom. The van der Waals surface area contributed by atoms with Crippen LogP contribution in [0.3, 0.4) is 0 Å². The highest BCUT2D eigenvalue weighted by Crippen LogP contribution is 2.33. The van der Waals surface area contributed by atoms with Crippen molar-refractivity contribution in [3.8, 4) is 11.5 Å². The lowest BCUT2D eigenvalue weighted by atomic mass is 10.1. The van der Waals surface area contributed by atoms with Crippen molar-refractivity contribution in [1.82, 2.24) is 4.90 Å². The van der Waals surface area contributed by atoms with E-state index in [2.05, 4.69) is 4.99 Å². The SMILES string of the molecule is CCOc1cc(/C=C2/C(=N)N3C(C)=CSC3=NC2=O)ccc1OC(=O)c1cccc(C)c1. The maximum atomic E-state index is 12.6. The molecule has 0 bridgehead atoms. The van der Waals surface area contributed by atoms with Crippen LogP contribution in [0.25, 0.3) is 6.08 Å². The van der Waals surface area contributed by atoms with E-state index in [1.165, 1.54) is 11.8 Å². The van der Waals surface area contributed by atoms with Crippen molar-refractivity contribution in [2.45, 2.75) is 20.8 Å². The number of esters is 1. The van der Waals surface area contributed by atoms with Crippen LogP contribution in [0.1, 0.15) is 35.3 Å². The molecule has 32 heavy (non-hydrogen) atoms. The van der Waals surface area contributed by atoms with Crippen molar-refractivity contribution in [2.75, 3.05) is 6.61 Å². The number of nitrogens with one attached hydrogen (secondary N) is 1. The van der Waals surface area contributed by atoms with Crippen molar-refractivity contribution in [3.05, 3.63) is 75.8 Å². The van der Waals surface area contributed by atoms with Gasteiger partial charge in [-0.05, 0) is 62.1 Å². The van der Waals surface area contributed by atoms with Crippen molar-refractivity contribution >= 4 is 40.7 Å². The Labute approximate surface area is 189 Å². The monoisotopic (exact) mass is 447 g/mol. The van der Waals surface area contributed by atoms with Crippen LogP contribution >= 0.6 is 11.8 Å². The number of nitrogens with zero attached hydrogens (tertiary/aromatic N) is 2. The number of thioether (sulfide) groups is 1. The zero-order chi connectivity index (χ0) is 22.8. The summed E-state index contributed by atoms with van der Waals surface area (Å²) < 4.78 is 11.2. The fourth-order valence-corrected chi connectivity index (χ4v) is 4.16. The van der Waals surface area contributed by atoms with Crippen LogP contribution in [0.15, 0.2) is 64.1 Å². The summed E-state index contributed by atoms with van der Waals surface area (Å²) in [6.45, 7) is 5.96. The molecule has 4 rings (SSSR count). The predicted octanol–water partition coefficient (Wildman–Crippen LogP) is 4.78. The molecular weight excluding hydrogens is 426 g/mol. The lowest BCUT2D eigenvalue weighted by Gasteiger charge is -2.25. The lowest BCUT2D eigenvalue weighted by Crippen LogP contribution is -2.37. The van der Waals surface area contributed by atoms with E-state index in [1.54, 1.807) is 47.4 Å². The third-order valence-corrected chi connectivity index (χ3v) is 5.76. The van der Waals surface area contributed by atoms with Crippen molar-refractivity contribution in [1.29, 1.82) is 5.41 Å². The zero-order valence-electron chi connectivity index (χ0n) is 17.8. The molecule has 0 saturated carbocycles. The smallest absolute Gasteiger partial charge is 0.343 e. The second kappa shape index (κ2) is 8.84. The van der Waals surface area contributed by atoms with Gasteiger partial charge in [-0.15, -0.1) is 0 Å². The minimum absolute atomic E-state index is 0.0756. The van der Waals surface area contributed by atoms with Crippen LogP contribution in [-0.2, 0) is 4.79 Å². The van der Waals surface area contributed by atoms with E-state index < -0.39 is 11.9 Å². The summed E-state index contributed by atoms with van der Waals surface area (Å²) in [4.78, 5) is 30.8. The van der Waals surface area contributed by atoms with E-state index in [1.807, 2.05) is 32.2 Å². The molecule has 0 atom stereocenters.